The average Bonchev–Trinajstić information content (AvgIpc) is 3.06. The molecule has 184 valence electrons. The van der Waals surface area contributed by atoms with E-state index in [2.05, 4.69) is 25.8 Å². The summed E-state index contributed by atoms with van der Waals surface area (Å²) < 4.78 is 5.19. The third-order valence-electron chi connectivity index (χ3n) is 11.2. The minimum atomic E-state index is -0.758. The summed E-state index contributed by atoms with van der Waals surface area (Å²) in [6, 6.07) is 3.67. The topological polar surface area (TPSA) is 94.1 Å². The fraction of sp³-hybridized carbons (Fsp3) is 0.815. The van der Waals surface area contributed by atoms with E-state index >= 15 is 0 Å². The van der Waals surface area contributed by atoms with Gasteiger partial charge in [0.2, 0.25) is 0 Å². The monoisotopic (exact) mass is 459 g/mol. The maximum Gasteiger partial charge on any atom is 0.335 e. The number of rotatable bonds is 4. The molecule has 6 nitrogen and oxygen atoms in total. The molecule has 4 aliphatic carbocycles. The van der Waals surface area contributed by atoms with E-state index in [4.69, 9.17) is 4.42 Å². The van der Waals surface area contributed by atoms with Gasteiger partial charge in [-0.05, 0) is 99.6 Å². The lowest BCUT2D eigenvalue weighted by Crippen LogP contribution is -2.67. The number of nitrogens with zero attached hydrogens (tertiary/aromatic N) is 1. The first-order valence-corrected chi connectivity index (χ1v) is 12.9. The SMILES string of the molecule is CN(CCO)[C@H]1CC[C@]2(C)[C@H]3CC[C@]4(C)[C@@H](c5ccc(=O)oc5)CC[C@]4(O)[C@@H]3CC[C@]2(O)C1. The van der Waals surface area contributed by atoms with Crippen LogP contribution in [0.15, 0.2) is 27.6 Å². The summed E-state index contributed by atoms with van der Waals surface area (Å²) in [5, 5.41) is 33.7. The minimum Gasteiger partial charge on any atom is -0.431 e. The Morgan fingerprint density at radius 2 is 1.73 bits per heavy atom. The zero-order valence-electron chi connectivity index (χ0n) is 20.4. The van der Waals surface area contributed by atoms with Gasteiger partial charge in [-0.3, -0.25) is 0 Å². The Labute approximate surface area is 197 Å². The highest BCUT2D eigenvalue weighted by Crippen LogP contribution is 2.71. The van der Waals surface area contributed by atoms with Gasteiger partial charge in [0.25, 0.3) is 0 Å². The van der Waals surface area contributed by atoms with Gasteiger partial charge in [0.1, 0.15) is 0 Å². The molecule has 1 aromatic heterocycles. The quantitative estimate of drug-likeness (QED) is 0.640. The molecule has 4 aliphatic rings. The van der Waals surface area contributed by atoms with Gasteiger partial charge < -0.3 is 24.6 Å². The predicted molar refractivity (Wildman–Crippen MR) is 126 cm³/mol. The Morgan fingerprint density at radius 1 is 1.00 bits per heavy atom. The Morgan fingerprint density at radius 3 is 2.42 bits per heavy atom. The predicted octanol–water partition coefficient (Wildman–Crippen LogP) is 3.29. The molecule has 6 heteroatoms. The molecule has 3 N–H and O–H groups in total. The van der Waals surface area contributed by atoms with Gasteiger partial charge in [-0.2, -0.15) is 0 Å². The zero-order chi connectivity index (χ0) is 23.6. The highest BCUT2D eigenvalue weighted by molar-refractivity contribution is 5.27. The summed E-state index contributed by atoms with van der Waals surface area (Å²) in [5.74, 6) is 0.684. The summed E-state index contributed by atoms with van der Waals surface area (Å²) in [4.78, 5) is 13.7. The van der Waals surface area contributed by atoms with Crippen LogP contribution in [-0.2, 0) is 0 Å². The van der Waals surface area contributed by atoms with Crippen LogP contribution in [0.5, 0.6) is 0 Å². The first-order valence-electron chi connectivity index (χ1n) is 12.9. The van der Waals surface area contributed by atoms with E-state index < -0.39 is 11.2 Å². The van der Waals surface area contributed by atoms with Gasteiger partial charge in [-0.1, -0.05) is 13.8 Å². The fourth-order valence-corrected chi connectivity index (χ4v) is 9.02. The molecule has 0 bridgehead atoms. The summed E-state index contributed by atoms with van der Waals surface area (Å²) in [5.41, 5.74) is -1.23. The van der Waals surface area contributed by atoms with Crippen LogP contribution >= 0.6 is 0 Å². The van der Waals surface area contributed by atoms with Crippen molar-refractivity contribution in [1.29, 1.82) is 0 Å². The fourth-order valence-electron chi connectivity index (χ4n) is 9.02. The van der Waals surface area contributed by atoms with Crippen molar-refractivity contribution in [3.63, 3.8) is 0 Å². The van der Waals surface area contributed by atoms with Gasteiger partial charge in [-0.25, -0.2) is 4.79 Å². The van der Waals surface area contributed by atoms with Gasteiger partial charge in [-0.15, -0.1) is 0 Å². The maximum atomic E-state index is 12.3. The van der Waals surface area contributed by atoms with Crippen molar-refractivity contribution in [2.75, 3.05) is 20.2 Å². The highest BCUT2D eigenvalue weighted by atomic mass is 16.4. The average molecular weight is 460 g/mol. The molecule has 0 radical (unpaired) electrons. The molecule has 0 aliphatic heterocycles. The van der Waals surface area contributed by atoms with Crippen molar-refractivity contribution in [3.8, 4) is 0 Å². The molecule has 0 saturated heterocycles. The Balaban J connectivity index is 1.43. The van der Waals surface area contributed by atoms with Crippen molar-refractivity contribution in [3.05, 3.63) is 34.4 Å². The highest BCUT2D eigenvalue weighted by Gasteiger charge is 2.70. The molecule has 1 aromatic rings. The normalized spacial score (nSPS) is 47.1. The Bertz CT molecular complexity index is 928. The van der Waals surface area contributed by atoms with E-state index in [1.165, 1.54) is 6.07 Å². The van der Waals surface area contributed by atoms with Gasteiger partial charge in [0.05, 0.1) is 24.1 Å². The molecule has 33 heavy (non-hydrogen) atoms. The molecule has 0 aromatic carbocycles. The molecular formula is C27H41NO5. The second-order valence-corrected chi connectivity index (χ2v) is 12.2. The number of aliphatic hydroxyl groups excluding tert-OH is 1. The summed E-state index contributed by atoms with van der Waals surface area (Å²) in [7, 11) is 2.05. The molecule has 0 amide bonds. The number of aliphatic hydroxyl groups is 3. The smallest absolute Gasteiger partial charge is 0.335 e. The lowest BCUT2D eigenvalue weighted by Gasteiger charge is -2.66. The van der Waals surface area contributed by atoms with Crippen molar-refractivity contribution >= 4 is 0 Å². The molecule has 4 fully saturated rings. The van der Waals surface area contributed by atoms with Crippen LogP contribution in [-0.4, -0.2) is 57.7 Å². The van der Waals surface area contributed by atoms with E-state index in [0.717, 1.165) is 63.4 Å². The van der Waals surface area contributed by atoms with Crippen molar-refractivity contribution < 1.29 is 19.7 Å². The van der Waals surface area contributed by atoms with Crippen molar-refractivity contribution in [2.45, 2.75) is 94.8 Å². The summed E-state index contributed by atoms with van der Waals surface area (Å²) in [6.07, 6.45) is 9.55. The maximum absolute atomic E-state index is 12.3. The van der Waals surface area contributed by atoms with Crippen LogP contribution in [0, 0.1) is 22.7 Å². The zero-order valence-corrected chi connectivity index (χ0v) is 20.4. The van der Waals surface area contributed by atoms with Crippen molar-refractivity contribution in [2.24, 2.45) is 22.7 Å². The van der Waals surface area contributed by atoms with Crippen LogP contribution in [0.25, 0.3) is 0 Å². The Kier molecular flexibility index (Phi) is 5.64. The van der Waals surface area contributed by atoms with Crippen LogP contribution in [0.4, 0.5) is 0 Å². The molecule has 1 heterocycles. The molecular weight excluding hydrogens is 418 g/mol. The number of hydrogen-bond donors (Lipinski definition) is 3. The summed E-state index contributed by atoms with van der Waals surface area (Å²) in [6.45, 7) is 5.32. The third kappa shape index (κ3) is 3.24. The first kappa shape index (κ1) is 23.5. The van der Waals surface area contributed by atoms with E-state index in [1.54, 1.807) is 6.26 Å². The molecule has 0 unspecified atom stereocenters. The number of likely N-dealkylation sites (N-methyl/N-ethyl adjacent to an activating group) is 1. The van der Waals surface area contributed by atoms with Gasteiger partial charge >= 0.3 is 5.63 Å². The van der Waals surface area contributed by atoms with Crippen LogP contribution in [0.1, 0.15) is 83.1 Å². The van der Waals surface area contributed by atoms with E-state index in [1.807, 2.05) is 6.07 Å². The largest absolute Gasteiger partial charge is 0.431 e. The van der Waals surface area contributed by atoms with E-state index in [0.29, 0.717) is 18.5 Å². The molecule has 5 rings (SSSR count). The first-order chi connectivity index (χ1) is 15.6. The number of hydrogen-bond acceptors (Lipinski definition) is 6. The second kappa shape index (κ2) is 7.91. The molecule has 4 saturated carbocycles. The van der Waals surface area contributed by atoms with E-state index in [9.17, 15) is 20.1 Å². The Hall–Kier alpha value is -1.21. The lowest BCUT2D eigenvalue weighted by molar-refractivity contribution is -0.250. The van der Waals surface area contributed by atoms with Crippen LogP contribution < -0.4 is 5.63 Å². The van der Waals surface area contributed by atoms with Gasteiger partial charge in [0, 0.05) is 24.1 Å². The standard InChI is InChI=1S/C27H41NO5/c1-24-10-6-19(28(3)14-15-29)16-26(24,31)12-8-22-21(24)7-11-25(2)20(9-13-27(22,25)32)18-4-5-23(30)33-17-18/h4-5,17,19-22,29,31-32H,6-16H2,1-3H3/t19-,20+,21-,22+,24+,25+,26-,27-/m0/s1. The number of fused-ring (bicyclic) bond motifs is 5. The van der Waals surface area contributed by atoms with Crippen molar-refractivity contribution in [1.82, 2.24) is 4.90 Å². The molecule has 8 atom stereocenters. The third-order valence-corrected chi connectivity index (χ3v) is 11.2. The summed E-state index contributed by atoms with van der Waals surface area (Å²) >= 11 is 0. The second-order valence-electron chi connectivity index (χ2n) is 12.2. The van der Waals surface area contributed by atoms with Gasteiger partial charge in [0.15, 0.2) is 0 Å². The van der Waals surface area contributed by atoms with Crippen LogP contribution in [0.3, 0.4) is 0 Å². The van der Waals surface area contributed by atoms with Crippen LogP contribution in [0.2, 0.25) is 0 Å². The molecule has 0 spiro atoms. The minimum absolute atomic E-state index is 0.144. The lowest BCUT2D eigenvalue weighted by atomic mass is 9.41. The van der Waals surface area contributed by atoms with E-state index in [-0.39, 0.29) is 34.9 Å².